The van der Waals surface area contributed by atoms with Crippen LogP contribution in [-0.4, -0.2) is 30.6 Å². The molecule has 118 valence electrons. The van der Waals surface area contributed by atoms with E-state index in [1.165, 1.54) is 0 Å². The molecule has 0 spiro atoms. The molecule has 1 N–H and O–H groups in total. The lowest BCUT2D eigenvalue weighted by molar-refractivity contribution is -0.137. The number of anilines is 1. The van der Waals surface area contributed by atoms with E-state index in [-0.39, 0.29) is 11.1 Å². The fourth-order valence-electron chi connectivity index (χ4n) is 2.69. The molecule has 1 aliphatic heterocycles. The molecule has 1 atom stereocenters. The summed E-state index contributed by atoms with van der Waals surface area (Å²) >= 11 is 5.80. The van der Waals surface area contributed by atoms with Gasteiger partial charge in [0.2, 0.25) is 0 Å². The molecule has 1 aliphatic rings. The maximum Gasteiger partial charge on any atom is 0.416 e. The number of nitrogens with zero attached hydrogens (tertiary/aromatic N) is 1. The monoisotopic (exact) mass is 320 g/mol. The number of likely N-dealkylation sites (tertiary alicyclic amines) is 1. The Kier molecular flexibility index (Phi) is 5.38. The Morgan fingerprint density at radius 1 is 1.24 bits per heavy atom. The minimum absolute atomic E-state index is 0.108. The third-order valence-electron chi connectivity index (χ3n) is 3.86. The summed E-state index contributed by atoms with van der Waals surface area (Å²) in [5.41, 5.74) is -0.258. The van der Waals surface area contributed by atoms with Crippen molar-refractivity contribution < 1.29 is 13.2 Å². The second kappa shape index (κ2) is 6.88. The van der Waals surface area contributed by atoms with Gasteiger partial charge in [0.15, 0.2) is 0 Å². The molecule has 0 amide bonds. The van der Waals surface area contributed by atoms with Crippen LogP contribution in [-0.2, 0) is 6.18 Å². The van der Waals surface area contributed by atoms with Gasteiger partial charge in [-0.1, -0.05) is 18.5 Å². The number of hydrogen-bond donors (Lipinski definition) is 1. The van der Waals surface area contributed by atoms with Crippen molar-refractivity contribution >= 4 is 17.3 Å². The minimum atomic E-state index is -4.37. The molecule has 1 aromatic carbocycles. The van der Waals surface area contributed by atoms with Crippen molar-refractivity contribution in [2.24, 2.45) is 0 Å². The van der Waals surface area contributed by atoms with Crippen LogP contribution in [0.2, 0.25) is 5.02 Å². The fourth-order valence-corrected chi connectivity index (χ4v) is 2.92. The highest BCUT2D eigenvalue weighted by atomic mass is 35.5. The molecule has 6 heteroatoms. The van der Waals surface area contributed by atoms with Crippen LogP contribution in [0.25, 0.3) is 0 Å². The van der Waals surface area contributed by atoms with E-state index in [2.05, 4.69) is 17.1 Å². The quantitative estimate of drug-likeness (QED) is 0.872. The van der Waals surface area contributed by atoms with E-state index in [4.69, 9.17) is 11.6 Å². The van der Waals surface area contributed by atoms with Gasteiger partial charge in [0.25, 0.3) is 0 Å². The fraction of sp³-hybridized carbons (Fsp3) is 0.600. The maximum absolute atomic E-state index is 12.8. The summed E-state index contributed by atoms with van der Waals surface area (Å²) in [4.78, 5) is 2.36. The van der Waals surface area contributed by atoms with E-state index in [9.17, 15) is 13.2 Å². The zero-order chi connectivity index (χ0) is 15.5. The van der Waals surface area contributed by atoms with E-state index < -0.39 is 11.7 Å². The van der Waals surface area contributed by atoms with Crippen LogP contribution in [0.5, 0.6) is 0 Å². The highest BCUT2D eigenvalue weighted by Gasteiger charge is 2.31. The van der Waals surface area contributed by atoms with Crippen molar-refractivity contribution in [1.29, 1.82) is 0 Å². The van der Waals surface area contributed by atoms with Crippen molar-refractivity contribution in [1.82, 2.24) is 4.90 Å². The van der Waals surface area contributed by atoms with Gasteiger partial charge in [-0.2, -0.15) is 13.2 Å². The average Bonchev–Trinajstić information content (AvgIpc) is 2.62. The smallest absolute Gasteiger partial charge is 0.382 e. The SMILES string of the molecule is CCN1CCCC(Nc2cc(Cl)cc(C(F)(F)F)c2)CC1. The molecule has 21 heavy (non-hydrogen) atoms. The van der Waals surface area contributed by atoms with E-state index in [0.717, 1.165) is 51.0 Å². The summed E-state index contributed by atoms with van der Waals surface area (Å²) in [5.74, 6) is 0. The molecule has 0 saturated carbocycles. The zero-order valence-electron chi connectivity index (χ0n) is 12.0. The van der Waals surface area contributed by atoms with Crippen LogP contribution in [0, 0.1) is 0 Å². The van der Waals surface area contributed by atoms with Gasteiger partial charge in [-0.3, -0.25) is 0 Å². The van der Waals surface area contributed by atoms with Crippen LogP contribution < -0.4 is 5.32 Å². The highest BCUT2D eigenvalue weighted by molar-refractivity contribution is 6.30. The molecule has 0 aliphatic carbocycles. The molecule has 1 heterocycles. The predicted molar refractivity (Wildman–Crippen MR) is 79.8 cm³/mol. The molecule has 1 aromatic rings. The summed E-state index contributed by atoms with van der Waals surface area (Å²) < 4.78 is 38.4. The normalized spacial score (nSPS) is 21.1. The van der Waals surface area contributed by atoms with Crippen molar-refractivity contribution in [3.8, 4) is 0 Å². The number of hydrogen-bond acceptors (Lipinski definition) is 2. The van der Waals surface area contributed by atoms with E-state index in [1.807, 2.05) is 0 Å². The summed E-state index contributed by atoms with van der Waals surface area (Å²) in [7, 11) is 0. The Hall–Kier alpha value is -0.940. The van der Waals surface area contributed by atoms with Crippen LogP contribution in [0.1, 0.15) is 31.7 Å². The molecule has 0 radical (unpaired) electrons. The van der Waals surface area contributed by atoms with E-state index in [1.54, 1.807) is 6.07 Å². The second-order valence-corrected chi connectivity index (χ2v) is 5.87. The first-order valence-electron chi connectivity index (χ1n) is 7.25. The molecular weight excluding hydrogens is 301 g/mol. The lowest BCUT2D eigenvalue weighted by atomic mass is 10.1. The van der Waals surface area contributed by atoms with Crippen molar-refractivity contribution in [3.05, 3.63) is 28.8 Å². The summed E-state index contributed by atoms with van der Waals surface area (Å²) in [6.45, 7) is 5.17. The Morgan fingerprint density at radius 2 is 2.00 bits per heavy atom. The molecule has 2 rings (SSSR count). The predicted octanol–water partition coefficient (Wildman–Crippen LogP) is 4.65. The number of nitrogens with one attached hydrogen (secondary N) is 1. The standard InChI is InChI=1S/C15H20ClF3N2/c1-2-21-6-3-4-13(5-7-21)20-14-9-11(15(17,18)19)8-12(16)10-14/h8-10,13,20H,2-7H2,1H3. The lowest BCUT2D eigenvalue weighted by Crippen LogP contribution is -2.26. The van der Waals surface area contributed by atoms with Gasteiger partial charge < -0.3 is 10.2 Å². The maximum atomic E-state index is 12.8. The molecule has 1 fully saturated rings. The Morgan fingerprint density at radius 3 is 2.67 bits per heavy atom. The van der Waals surface area contributed by atoms with Crippen LogP contribution in [0.4, 0.5) is 18.9 Å². The first kappa shape index (κ1) is 16.4. The van der Waals surface area contributed by atoms with Crippen molar-refractivity contribution in [2.45, 2.75) is 38.4 Å². The van der Waals surface area contributed by atoms with E-state index in [0.29, 0.717) is 5.69 Å². The van der Waals surface area contributed by atoms with Crippen molar-refractivity contribution in [3.63, 3.8) is 0 Å². The Labute approximate surface area is 128 Å². The molecule has 1 unspecified atom stereocenters. The van der Waals surface area contributed by atoms with Gasteiger partial charge in [-0.25, -0.2) is 0 Å². The zero-order valence-corrected chi connectivity index (χ0v) is 12.8. The van der Waals surface area contributed by atoms with Crippen LogP contribution in [0.3, 0.4) is 0 Å². The summed E-state index contributed by atoms with van der Waals surface area (Å²) in [6, 6.07) is 3.84. The first-order chi connectivity index (χ1) is 9.88. The Balaban J connectivity index is 2.07. The summed E-state index contributed by atoms with van der Waals surface area (Å²) in [5, 5.41) is 3.32. The topological polar surface area (TPSA) is 15.3 Å². The number of benzene rings is 1. The second-order valence-electron chi connectivity index (χ2n) is 5.43. The molecule has 1 saturated heterocycles. The van der Waals surface area contributed by atoms with E-state index >= 15 is 0 Å². The molecule has 2 nitrogen and oxygen atoms in total. The van der Waals surface area contributed by atoms with Gasteiger partial charge in [0, 0.05) is 23.3 Å². The summed E-state index contributed by atoms with van der Waals surface area (Å²) in [6.07, 6.45) is -1.42. The average molecular weight is 321 g/mol. The van der Waals surface area contributed by atoms with Crippen LogP contribution in [0.15, 0.2) is 18.2 Å². The van der Waals surface area contributed by atoms with Gasteiger partial charge in [-0.15, -0.1) is 0 Å². The highest BCUT2D eigenvalue weighted by Crippen LogP contribution is 2.33. The van der Waals surface area contributed by atoms with Gasteiger partial charge >= 0.3 is 6.18 Å². The van der Waals surface area contributed by atoms with Gasteiger partial charge in [0.1, 0.15) is 0 Å². The van der Waals surface area contributed by atoms with Crippen molar-refractivity contribution in [2.75, 3.05) is 25.0 Å². The largest absolute Gasteiger partial charge is 0.416 e. The van der Waals surface area contributed by atoms with Crippen LogP contribution >= 0.6 is 11.6 Å². The minimum Gasteiger partial charge on any atom is -0.382 e. The number of halogens is 4. The van der Waals surface area contributed by atoms with Gasteiger partial charge in [-0.05, 0) is 50.6 Å². The van der Waals surface area contributed by atoms with Gasteiger partial charge in [0.05, 0.1) is 5.56 Å². The number of rotatable bonds is 3. The number of alkyl halides is 3. The lowest BCUT2D eigenvalue weighted by Gasteiger charge is -2.20. The first-order valence-corrected chi connectivity index (χ1v) is 7.63. The molecular formula is C15H20ClF3N2. The Bertz CT molecular complexity index is 476. The molecule has 0 bridgehead atoms. The third kappa shape index (κ3) is 4.78. The third-order valence-corrected chi connectivity index (χ3v) is 4.08. The molecule has 0 aromatic heterocycles.